The molecule has 24 heavy (non-hydrogen) atoms. The lowest BCUT2D eigenvalue weighted by Crippen LogP contribution is -2.35. The number of ether oxygens (including phenoxy) is 2. The van der Waals surface area contributed by atoms with Crippen molar-refractivity contribution in [3.8, 4) is 11.5 Å². The Kier molecular flexibility index (Phi) is 6.96. The number of benzene rings is 2. The summed E-state index contributed by atoms with van der Waals surface area (Å²) < 4.78 is 37.4. The molecule has 0 heterocycles. The minimum Gasteiger partial charge on any atom is -0.489 e. The normalized spacial score (nSPS) is 12.2. The van der Waals surface area contributed by atoms with Crippen LogP contribution >= 0.6 is 0 Å². The van der Waals surface area contributed by atoms with Gasteiger partial charge in [0, 0.05) is 13.1 Å². The van der Waals surface area contributed by atoms with Crippen LogP contribution in [-0.2, 0) is 0 Å². The number of nitrogens with zero attached hydrogens (tertiary/aromatic N) is 1. The Bertz CT molecular complexity index is 639. The van der Waals surface area contributed by atoms with E-state index in [9.17, 15) is 13.9 Å². The number of aliphatic hydroxyl groups excluding tert-OH is 1. The fourth-order valence-corrected chi connectivity index (χ4v) is 2.12. The van der Waals surface area contributed by atoms with E-state index in [1.807, 2.05) is 4.90 Å². The predicted octanol–water partition coefficient (Wildman–Crippen LogP) is 2.72. The summed E-state index contributed by atoms with van der Waals surface area (Å²) in [6.07, 6.45) is -0.775. The van der Waals surface area contributed by atoms with E-state index in [4.69, 9.17) is 9.47 Å². The monoisotopic (exact) mass is 337 g/mol. The Hall–Kier alpha value is -2.18. The van der Waals surface area contributed by atoms with Crippen molar-refractivity contribution in [2.75, 3.05) is 33.4 Å². The van der Waals surface area contributed by atoms with Gasteiger partial charge in [0.25, 0.3) is 0 Å². The average molecular weight is 337 g/mol. The van der Waals surface area contributed by atoms with Crippen LogP contribution in [0.5, 0.6) is 11.5 Å². The predicted molar refractivity (Wildman–Crippen MR) is 87.3 cm³/mol. The molecule has 0 saturated heterocycles. The van der Waals surface area contributed by atoms with Crippen molar-refractivity contribution >= 4 is 0 Å². The second kappa shape index (κ2) is 9.20. The molecular formula is C18H21F2NO3. The molecule has 6 heteroatoms. The second-order valence-electron chi connectivity index (χ2n) is 5.44. The molecular weight excluding hydrogens is 316 g/mol. The quantitative estimate of drug-likeness (QED) is 0.764. The molecule has 0 aliphatic carbocycles. The third-order valence-electron chi connectivity index (χ3n) is 3.36. The molecule has 1 N–H and O–H groups in total. The first-order valence-corrected chi connectivity index (χ1v) is 7.67. The van der Waals surface area contributed by atoms with E-state index in [1.54, 1.807) is 37.4 Å². The lowest BCUT2D eigenvalue weighted by molar-refractivity contribution is 0.0706. The summed E-state index contributed by atoms with van der Waals surface area (Å²) in [5.74, 6) is -0.550. The van der Waals surface area contributed by atoms with E-state index in [-0.39, 0.29) is 18.1 Å². The number of hydrogen-bond donors (Lipinski definition) is 1. The lowest BCUT2D eigenvalue weighted by Gasteiger charge is -2.21. The maximum absolute atomic E-state index is 13.4. The van der Waals surface area contributed by atoms with E-state index in [0.717, 1.165) is 0 Å². The van der Waals surface area contributed by atoms with Crippen molar-refractivity contribution in [3.05, 3.63) is 60.2 Å². The Balaban J connectivity index is 1.67. The number of halogens is 2. The van der Waals surface area contributed by atoms with Gasteiger partial charge in [0.1, 0.15) is 19.3 Å². The minimum atomic E-state index is -0.775. The molecule has 0 radical (unpaired) electrons. The third kappa shape index (κ3) is 5.79. The fourth-order valence-electron chi connectivity index (χ4n) is 2.12. The average Bonchev–Trinajstić information content (AvgIpc) is 2.56. The molecule has 2 aromatic rings. The minimum absolute atomic E-state index is 0.0144. The number of para-hydroxylation sites is 2. The van der Waals surface area contributed by atoms with Crippen LogP contribution in [-0.4, -0.2) is 49.5 Å². The molecule has 130 valence electrons. The smallest absolute Gasteiger partial charge is 0.165 e. The first-order chi connectivity index (χ1) is 11.6. The molecule has 0 aliphatic rings. The van der Waals surface area contributed by atoms with Gasteiger partial charge in [0.15, 0.2) is 23.1 Å². The molecule has 0 fully saturated rings. The molecule has 1 atom stereocenters. The highest BCUT2D eigenvalue weighted by atomic mass is 19.1. The van der Waals surface area contributed by atoms with Crippen LogP contribution in [0.4, 0.5) is 8.78 Å². The summed E-state index contributed by atoms with van der Waals surface area (Å²) in [4.78, 5) is 1.83. The lowest BCUT2D eigenvalue weighted by atomic mass is 10.3. The molecule has 2 aromatic carbocycles. The van der Waals surface area contributed by atoms with Crippen LogP contribution in [0.1, 0.15) is 0 Å². The molecule has 2 rings (SSSR count). The number of likely N-dealkylation sites (N-methyl/N-ethyl adjacent to an activating group) is 1. The summed E-state index contributed by atoms with van der Waals surface area (Å²) in [6.45, 7) is 1.11. The van der Waals surface area contributed by atoms with Crippen LogP contribution in [0.25, 0.3) is 0 Å². The van der Waals surface area contributed by atoms with Gasteiger partial charge in [0.05, 0.1) is 0 Å². The largest absolute Gasteiger partial charge is 0.489 e. The molecule has 4 nitrogen and oxygen atoms in total. The third-order valence-corrected chi connectivity index (χ3v) is 3.36. The maximum atomic E-state index is 13.4. The van der Waals surface area contributed by atoms with Gasteiger partial charge < -0.3 is 19.5 Å². The van der Waals surface area contributed by atoms with Gasteiger partial charge in [-0.25, -0.2) is 8.78 Å². The van der Waals surface area contributed by atoms with Crippen LogP contribution in [0, 0.1) is 11.6 Å². The first-order valence-electron chi connectivity index (χ1n) is 7.67. The van der Waals surface area contributed by atoms with Gasteiger partial charge in [-0.05, 0) is 31.3 Å². The van der Waals surface area contributed by atoms with Crippen LogP contribution in [0.2, 0.25) is 0 Å². The molecule has 0 aromatic heterocycles. The van der Waals surface area contributed by atoms with Crippen LogP contribution in [0.15, 0.2) is 48.5 Å². The first kappa shape index (κ1) is 18.2. The van der Waals surface area contributed by atoms with E-state index >= 15 is 0 Å². The zero-order valence-electron chi connectivity index (χ0n) is 13.5. The van der Waals surface area contributed by atoms with Crippen LogP contribution < -0.4 is 9.47 Å². The van der Waals surface area contributed by atoms with Crippen molar-refractivity contribution in [1.29, 1.82) is 0 Å². The van der Waals surface area contributed by atoms with E-state index in [1.165, 1.54) is 18.2 Å². The number of aliphatic hydroxyl groups is 1. The zero-order chi connectivity index (χ0) is 17.4. The van der Waals surface area contributed by atoms with Gasteiger partial charge in [-0.2, -0.15) is 0 Å². The molecule has 0 amide bonds. The van der Waals surface area contributed by atoms with Crippen molar-refractivity contribution in [2.45, 2.75) is 6.10 Å². The Morgan fingerprint density at radius 2 is 1.50 bits per heavy atom. The van der Waals surface area contributed by atoms with E-state index in [2.05, 4.69) is 0 Å². The highest BCUT2D eigenvalue weighted by Gasteiger charge is 2.11. The highest BCUT2D eigenvalue weighted by molar-refractivity contribution is 5.24. The highest BCUT2D eigenvalue weighted by Crippen LogP contribution is 2.16. The molecule has 0 aliphatic heterocycles. The summed E-state index contributed by atoms with van der Waals surface area (Å²) >= 11 is 0. The Labute approximate surface area is 140 Å². The van der Waals surface area contributed by atoms with Crippen molar-refractivity contribution in [2.24, 2.45) is 0 Å². The van der Waals surface area contributed by atoms with E-state index in [0.29, 0.717) is 19.7 Å². The zero-order valence-corrected chi connectivity index (χ0v) is 13.5. The molecule has 0 bridgehead atoms. The van der Waals surface area contributed by atoms with Crippen molar-refractivity contribution in [3.63, 3.8) is 0 Å². The second-order valence-corrected chi connectivity index (χ2v) is 5.44. The summed E-state index contributed by atoms with van der Waals surface area (Å²) in [5.41, 5.74) is 0. The summed E-state index contributed by atoms with van der Waals surface area (Å²) in [6, 6.07) is 12.2. The maximum Gasteiger partial charge on any atom is 0.165 e. The van der Waals surface area contributed by atoms with Gasteiger partial charge in [-0.15, -0.1) is 0 Å². The number of rotatable bonds is 9. The Morgan fingerprint density at radius 3 is 2.08 bits per heavy atom. The topological polar surface area (TPSA) is 41.9 Å². The fraction of sp³-hybridized carbons (Fsp3) is 0.333. The van der Waals surface area contributed by atoms with Gasteiger partial charge in [-0.1, -0.05) is 24.3 Å². The standard InChI is InChI=1S/C18H21F2NO3/c1-21(10-11-23-17-8-4-2-6-15(17)19)12-14(22)13-24-18-9-5-3-7-16(18)20/h2-9,14,22H,10-13H2,1H3. The van der Waals surface area contributed by atoms with Gasteiger partial charge in [0.2, 0.25) is 0 Å². The SMILES string of the molecule is CN(CCOc1ccccc1F)CC(O)COc1ccccc1F. The molecule has 1 unspecified atom stereocenters. The van der Waals surface area contributed by atoms with Gasteiger partial charge in [-0.3, -0.25) is 0 Å². The number of hydrogen-bond acceptors (Lipinski definition) is 4. The molecule has 0 saturated carbocycles. The summed E-state index contributed by atoms with van der Waals surface area (Å²) in [7, 11) is 1.80. The Morgan fingerprint density at radius 1 is 0.958 bits per heavy atom. The van der Waals surface area contributed by atoms with E-state index < -0.39 is 17.7 Å². The van der Waals surface area contributed by atoms with Gasteiger partial charge >= 0.3 is 0 Å². The van der Waals surface area contributed by atoms with Crippen molar-refractivity contribution < 1.29 is 23.4 Å². The van der Waals surface area contributed by atoms with Crippen molar-refractivity contribution in [1.82, 2.24) is 4.90 Å². The molecule has 0 spiro atoms. The summed E-state index contributed by atoms with van der Waals surface area (Å²) in [5, 5.41) is 9.94. The van der Waals surface area contributed by atoms with Crippen LogP contribution in [0.3, 0.4) is 0 Å².